The van der Waals surface area contributed by atoms with Crippen molar-refractivity contribution in [2.75, 3.05) is 24.6 Å². The van der Waals surface area contributed by atoms with Gasteiger partial charge in [-0.2, -0.15) is 0 Å². The van der Waals surface area contributed by atoms with Crippen molar-refractivity contribution in [3.63, 3.8) is 0 Å². The lowest BCUT2D eigenvalue weighted by atomic mass is 10.2. The van der Waals surface area contributed by atoms with Gasteiger partial charge in [0, 0.05) is 18.8 Å². The van der Waals surface area contributed by atoms with Crippen LogP contribution in [0.4, 0.5) is 27.2 Å². The third kappa shape index (κ3) is 5.70. The van der Waals surface area contributed by atoms with E-state index in [2.05, 4.69) is 56.3 Å². The normalized spacial score (nSPS) is 11.6. The van der Waals surface area contributed by atoms with Crippen molar-refractivity contribution >= 4 is 65.4 Å². The van der Waals surface area contributed by atoms with E-state index in [0.717, 1.165) is 33.3 Å². The number of aromatic nitrogens is 1. The summed E-state index contributed by atoms with van der Waals surface area (Å²) >= 11 is 2.90. The van der Waals surface area contributed by atoms with Crippen LogP contribution in [0.2, 0.25) is 0 Å². The highest BCUT2D eigenvalue weighted by Crippen LogP contribution is 2.39. The molecule has 2 aromatic heterocycles. The number of thiazole rings is 1. The molecule has 0 fully saturated rings. The number of ether oxygens (including phenoxy) is 1. The second-order valence-electron chi connectivity index (χ2n) is 7.11. The maximum absolute atomic E-state index is 11.7. The number of thiophene rings is 1. The smallest absolute Gasteiger partial charge is 0.338 e. The zero-order valence-corrected chi connectivity index (χ0v) is 20.8. The summed E-state index contributed by atoms with van der Waals surface area (Å²) in [6, 6.07) is 16.8. The largest absolute Gasteiger partial charge is 0.462 e. The molecule has 4 aromatic rings. The number of fused-ring (bicyclic) bond motifs is 1. The van der Waals surface area contributed by atoms with Crippen molar-refractivity contribution in [2.24, 2.45) is 20.5 Å². The first-order valence-electron chi connectivity index (χ1n) is 11.0. The summed E-state index contributed by atoms with van der Waals surface area (Å²) < 4.78 is 5.97. The predicted octanol–water partition coefficient (Wildman–Crippen LogP) is 8.21. The molecule has 0 N–H and O–H groups in total. The summed E-state index contributed by atoms with van der Waals surface area (Å²) in [5, 5.41) is 18.5. The summed E-state index contributed by atoms with van der Waals surface area (Å²) in [6.07, 6.45) is 0. The van der Waals surface area contributed by atoms with E-state index >= 15 is 0 Å². The number of hydrogen-bond donors (Lipinski definition) is 0. The van der Waals surface area contributed by atoms with E-state index in [-0.39, 0.29) is 5.97 Å². The Morgan fingerprint density at radius 1 is 0.882 bits per heavy atom. The summed E-state index contributed by atoms with van der Waals surface area (Å²) in [6.45, 7) is 8.34. The fourth-order valence-corrected chi connectivity index (χ4v) is 5.06. The van der Waals surface area contributed by atoms with Crippen molar-refractivity contribution in [1.29, 1.82) is 0 Å². The Morgan fingerprint density at radius 3 is 2.15 bits per heavy atom. The average Bonchev–Trinajstić information content (AvgIpc) is 3.42. The highest BCUT2D eigenvalue weighted by Gasteiger charge is 2.09. The van der Waals surface area contributed by atoms with Gasteiger partial charge >= 0.3 is 5.97 Å². The number of benzene rings is 2. The minimum Gasteiger partial charge on any atom is -0.462 e. The van der Waals surface area contributed by atoms with Crippen molar-refractivity contribution in [1.82, 2.24) is 4.98 Å². The molecule has 0 atom stereocenters. The first-order chi connectivity index (χ1) is 16.6. The lowest BCUT2D eigenvalue weighted by Crippen LogP contribution is -2.21. The number of hydrogen-bond acceptors (Lipinski definition) is 10. The minimum atomic E-state index is -0.347. The van der Waals surface area contributed by atoms with Crippen LogP contribution in [-0.4, -0.2) is 30.6 Å². The summed E-state index contributed by atoms with van der Waals surface area (Å²) in [5.41, 5.74) is 3.11. The van der Waals surface area contributed by atoms with E-state index in [1.54, 1.807) is 31.2 Å². The topological polar surface area (TPSA) is 91.9 Å². The maximum Gasteiger partial charge on any atom is 0.338 e. The van der Waals surface area contributed by atoms with Crippen LogP contribution in [-0.2, 0) is 4.74 Å². The van der Waals surface area contributed by atoms with Gasteiger partial charge in [-0.1, -0.05) is 22.7 Å². The Hall–Kier alpha value is -3.50. The lowest BCUT2D eigenvalue weighted by molar-refractivity contribution is 0.0526. The molecule has 0 aliphatic carbocycles. The standard InChI is InChI=1S/C24H24N6O2S2/c1-4-30(5-2)19-13-11-18(12-14-19)27-29-24-25-22-20(33-24)15-21(34-22)28-26-17-9-7-16(8-10-17)23(31)32-6-3/h7-15H,4-6H2,1-3H3. The van der Waals surface area contributed by atoms with E-state index < -0.39 is 0 Å². The van der Waals surface area contributed by atoms with E-state index in [0.29, 0.717) is 23.0 Å². The monoisotopic (exact) mass is 492 g/mol. The van der Waals surface area contributed by atoms with Gasteiger partial charge in [0.25, 0.3) is 0 Å². The molecule has 0 spiro atoms. The molecular weight excluding hydrogens is 468 g/mol. The molecule has 34 heavy (non-hydrogen) atoms. The quantitative estimate of drug-likeness (QED) is 0.174. The molecule has 4 rings (SSSR count). The molecule has 0 aliphatic rings. The van der Waals surface area contributed by atoms with E-state index in [1.165, 1.54) is 28.4 Å². The fourth-order valence-electron chi connectivity index (χ4n) is 3.21. The average molecular weight is 493 g/mol. The Kier molecular flexibility index (Phi) is 7.71. The first-order valence-corrected chi connectivity index (χ1v) is 12.6. The van der Waals surface area contributed by atoms with Gasteiger partial charge < -0.3 is 9.64 Å². The van der Waals surface area contributed by atoms with Crippen molar-refractivity contribution in [3.05, 3.63) is 60.2 Å². The summed E-state index contributed by atoms with van der Waals surface area (Å²) in [7, 11) is 0. The Balaban J connectivity index is 1.40. The zero-order chi connectivity index (χ0) is 23.9. The molecule has 0 radical (unpaired) electrons. The number of carbonyl (C=O) groups is 1. The number of anilines is 1. The van der Waals surface area contributed by atoms with Crippen LogP contribution >= 0.6 is 22.7 Å². The molecule has 2 heterocycles. The SMILES string of the molecule is CCOC(=O)c1ccc(N=Nc2cc3sc(N=Nc4ccc(N(CC)CC)cc4)nc3s2)cc1. The van der Waals surface area contributed by atoms with Crippen LogP contribution in [0.25, 0.3) is 9.53 Å². The van der Waals surface area contributed by atoms with Crippen LogP contribution in [0, 0.1) is 0 Å². The lowest BCUT2D eigenvalue weighted by Gasteiger charge is -2.20. The summed E-state index contributed by atoms with van der Waals surface area (Å²) in [5.74, 6) is -0.347. The van der Waals surface area contributed by atoms with Gasteiger partial charge in [0.15, 0.2) is 0 Å². The third-order valence-electron chi connectivity index (χ3n) is 4.94. The number of esters is 1. The van der Waals surface area contributed by atoms with Crippen LogP contribution < -0.4 is 4.90 Å². The third-order valence-corrected chi connectivity index (χ3v) is 6.87. The Bertz CT molecular complexity index is 1270. The van der Waals surface area contributed by atoms with Crippen LogP contribution in [0.5, 0.6) is 0 Å². The molecule has 0 saturated heterocycles. The van der Waals surface area contributed by atoms with Crippen molar-refractivity contribution in [2.45, 2.75) is 20.8 Å². The van der Waals surface area contributed by atoms with Gasteiger partial charge in [0.05, 0.1) is 28.2 Å². The van der Waals surface area contributed by atoms with E-state index in [4.69, 9.17) is 4.74 Å². The highest BCUT2D eigenvalue weighted by atomic mass is 32.1. The molecule has 174 valence electrons. The number of carbonyl (C=O) groups excluding carboxylic acids is 1. The van der Waals surface area contributed by atoms with Gasteiger partial charge in [-0.25, -0.2) is 9.78 Å². The molecule has 8 nitrogen and oxygen atoms in total. The molecule has 0 amide bonds. The second kappa shape index (κ2) is 11.1. The molecule has 0 bridgehead atoms. The van der Waals surface area contributed by atoms with Gasteiger partial charge in [-0.15, -0.1) is 20.5 Å². The zero-order valence-electron chi connectivity index (χ0n) is 19.1. The predicted molar refractivity (Wildman–Crippen MR) is 138 cm³/mol. The highest BCUT2D eigenvalue weighted by molar-refractivity contribution is 7.30. The number of rotatable bonds is 9. The molecule has 0 saturated carbocycles. The minimum absolute atomic E-state index is 0.344. The van der Waals surface area contributed by atoms with Crippen molar-refractivity contribution in [3.8, 4) is 0 Å². The van der Waals surface area contributed by atoms with E-state index in [1.807, 2.05) is 18.2 Å². The van der Waals surface area contributed by atoms with Gasteiger partial charge in [-0.05, 0) is 75.4 Å². The second-order valence-corrected chi connectivity index (χ2v) is 9.12. The van der Waals surface area contributed by atoms with Gasteiger partial charge in [-0.3, -0.25) is 0 Å². The number of nitrogens with zero attached hydrogens (tertiary/aromatic N) is 6. The summed E-state index contributed by atoms with van der Waals surface area (Å²) in [4.78, 5) is 19.4. The molecule has 10 heteroatoms. The van der Waals surface area contributed by atoms with Gasteiger partial charge in [0.2, 0.25) is 5.13 Å². The van der Waals surface area contributed by atoms with E-state index in [9.17, 15) is 4.79 Å². The molecule has 0 unspecified atom stereocenters. The molecule has 0 aliphatic heterocycles. The molecule has 2 aromatic carbocycles. The Morgan fingerprint density at radius 2 is 1.53 bits per heavy atom. The van der Waals surface area contributed by atoms with Gasteiger partial charge in [0.1, 0.15) is 9.83 Å². The molecular formula is C24H24N6O2S2. The van der Waals surface area contributed by atoms with Crippen LogP contribution in [0.15, 0.2) is 75.1 Å². The van der Waals surface area contributed by atoms with Crippen LogP contribution in [0.1, 0.15) is 31.1 Å². The fraction of sp³-hybridized carbons (Fsp3) is 0.250. The van der Waals surface area contributed by atoms with Crippen LogP contribution in [0.3, 0.4) is 0 Å². The first kappa shape index (κ1) is 23.7. The Labute approximate surface area is 205 Å². The number of azo groups is 2. The van der Waals surface area contributed by atoms with Crippen molar-refractivity contribution < 1.29 is 9.53 Å². The maximum atomic E-state index is 11.7.